The number of hydrogen-bond donors (Lipinski definition) is 0. The van der Waals surface area contributed by atoms with Crippen LogP contribution in [-0.4, -0.2) is 19.9 Å². The van der Waals surface area contributed by atoms with E-state index in [-0.39, 0.29) is 5.69 Å². The first-order valence-corrected chi connectivity index (χ1v) is 7.63. The molecule has 1 aromatic carbocycles. The maximum absolute atomic E-state index is 10.7. The van der Waals surface area contributed by atoms with Crippen LogP contribution in [0.4, 0.5) is 5.69 Å². The van der Waals surface area contributed by atoms with Gasteiger partial charge in [0.05, 0.1) is 10.6 Å². The Morgan fingerprint density at radius 3 is 2.52 bits per heavy atom. The summed E-state index contributed by atoms with van der Waals surface area (Å²) in [5.41, 5.74) is 2.66. The van der Waals surface area contributed by atoms with Gasteiger partial charge in [-0.25, -0.2) is 15.0 Å². The minimum atomic E-state index is -0.474. The second-order valence-corrected chi connectivity index (χ2v) is 5.74. The van der Waals surface area contributed by atoms with Crippen LogP contribution in [0, 0.1) is 17.0 Å². The summed E-state index contributed by atoms with van der Waals surface area (Å²) in [5.74, 6) is 0. The Labute approximate surface area is 136 Å². The number of rotatable bonds is 4. The number of aryl methyl sites for hydroxylation is 1. The molecule has 0 aliphatic rings. The molecule has 0 aliphatic carbocycles. The summed E-state index contributed by atoms with van der Waals surface area (Å²) in [6.07, 6.45) is 1.23. The lowest BCUT2D eigenvalue weighted by Gasteiger charge is -2.05. The largest absolute Gasteiger partial charge is 0.287 e. The number of nitro groups is 1. The van der Waals surface area contributed by atoms with Crippen LogP contribution in [-0.2, 0) is 0 Å². The van der Waals surface area contributed by atoms with Crippen molar-refractivity contribution in [1.29, 1.82) is 0 Å². The van der Waals surface area contributed by atoms with E-state index in [0.717, 1.165) is 17.0 Å². The van der Waals surface area contributed by atoms with Crippen LogP contribution in [0.25, 0.3) is 11.3 Å². The highest BCUT2D eigenvalue weighted by Crippen LogP contribution is 2.26. The minimum Gasteiger partial charge on any atom is -0.258 e. The van der Waals surface area contributed by atoms with E-state index in [1.54, 1.807) is 6.07 Å². The average molecular weight is 324 g/mol. The molecule has 114 valence electrons. The van der Waals surface area contributed by atoms with E-state index in [9.17, 15) is 10.1 Å². The summed E-state index contributed by atoms with van der Waals surface area (Å²) >= 11 is 1.28. The van der Waals surface area contributed by atoms with Crippen LogP contribution in [0.15, 0.2) is 64.9 Å². The van der Waals surface area contributed by atoms with E-state index in [1.807, 2.05) is 43.3 Å². The van der Waals surface area contributed by atoms with E-state index < -0.39 is 4.92 Å². The van der Waals surface area contributed by atoms with Gasteiger partial charge in [-0.05, 0) is 30.8 Å². The SMILES string of the molecule is Cc1cc(-c2ccccc2)nc(Sc2ccc([N+](=O)[O-])cn2)n1. The maximum Gasteiger partial charge on any atom is 0.287 e. The normalized spacial score (nSPS) is 10.5. The van der Waals surface area contributed by atoms with Crippen LogP contribution in [0.2, 0.25) is 0 Å². The van der Waals surface area contributed by atoms with Crippen molar-refractivity contribution in [2.45, 2.75) is 17.1 Å². The molecule has 2 aromatic heterocycles. The van der Waals surface area contributed by atoms with Crippen molar-refractivity contribution in [2.75, 3.05) is 0 Å². The molecule has 0 saturated carbocycles. The average Bonchev–Trinajstić information content (AvgIpc) is 2.55. The molecule has 3 rings (SSSR count). The molecule has 7 heteroatoms. The van der Waals surface area contributed by atoms with Gasteiger partial charge in [0.25, 0.3) is 5.69 Å². The summed E-state index contributed by atoms with van der Waals surface area (Å²) in [4.78, 5) is 23.2. The molecule has 2 heterocycles. The van der Waals surface area contributed by atoms with Crippen molar-refractivity contribution in [1.82, 2.24) is 15.0 Å². The highest BCUT2D eigenvalue weighted by Gasteiger charge is 2.09. The van der Waals surface area contributed by atoms with Crippen molar-refractivity contribution in [2.24, 2.45) is 0 Å². The molecule has 0 N–H and O–H groups in total. The molecule has 23 heavy (non-hydrogen) atoms. The standard InChI is InChI=1S/C16H12N4O2S/c1-11-9-14(12-5-3-2-4-6-12)19-16(18-11)23-15-8-7-13(10-17-15)20(21)22/h2-10H,1H3. The van der Waals surface area contributed by atoms with Gasteiger partial charge in [-0.2, -0.15) is 0 Å². The predicted octanol–water partition coefficient (Wildman–Crippen LogP) is 3.91. The lowest BCUT2D eigenvalue weighted by atomic mass is 10.1. The molecule has 0 spiro atoms. The number of hydrogen-bond acceptors (Lipinski definition) is 6. The van der Waals surface area contributed by atoms with Crippen molar-refractivity contribution >= 4 is 17.4 Å². The first-order valence-electron chi connectivity index (χ1n) is 6.81. The zero-order valence-corrected chi connectivity index (χ0v) is 13.0. The van der Waals surface area contributed by atoms with Gasteiger partial charge < -0.3 is 0 Å². The van der Waals surface area contributed by atoms with E-state index in [4.69, 9.17) is 0 Å². The van der Waals surface area contributed by atoms with E-state index in [0.29, 0.717) is 10.2 Å². The summed E-state index contributed by atoms with van der Waals surface area (Å²) in [5, 5.41) is 11.8. The Bertz CT molecular complexity index is 838. The minimum absolute atomic E-state index is 0.0375. The Balaban J connectivity index is 1.88. The molecule has 0 amide bonds. The van der Waals surface area contributed by atoms with E-state index >= 15 is 0 Å². The second kappa shape index (κ2) is 6.53. The van der Waals surface area contributed by atoms with Crippen molar-refractivity contribution in [3.63, 3.8) is 0 Å². The van der Waals surface area contributed by atoms with Crippen molar-refractivity contribution in [3.05, 3.63) is 70.5 Å². The zero-order chi connectivity index (χ0) is 16.2. The van der Waals surface area contributed by atoms with Crippen LogP contribution >= 0.6 is 11.8 Å². The van der Waals surface area contributed by atoms with Gasteiger partial charge in [-0.1, -0.05) is 30.3 Å². The smallest absolute Gasteiger partial charge is 0.258 e. The fraction of sp³-hybridized carbons (Fsp3) is 0.0625. The first-order chi connectivity index (χ1) is 11.1. The van der Waals surface area contributed by atoms with Crippen LogP contribution in [0.3, 0.4) is 0 Å². The van der Waals surface area contributed by atoms with E-state index in [2.05, 4.69) is 15.0 Å². The Hall–Kier alpha value is -2.80. The van der Waals surface area contributed by atoms with Gasteiger partial charge in [0.1, 0.15) is 11.2 Å². The van der Waals surface area contributed by atoms with Gasteiger partial charge in [-0.3, -0.25) is 10.1 Å². The van der Waals surface area contributed by atoms with Gasteiger partial charge in [0, 0.05) is 17.3 Å². The summed E-state index contributed by atoms with van der Waals surface area (Å²) in [7, 11) is 0. The summed E-state index contributed by atoms with van der Waals surface area (Å²) in [6.45, 7) is 1.90. The van der Waals surface area contributed by atoms with Gasteiger partial charge in [0.15, 0.2) is 5.16 Å². The topological polar surface area (TPSA) is 81.8 Å². The van der Waals surface area contributed by atoms with Gasteiger partial charge in [-0.15, -0.1) is 0 Å². The lowest BCUT2D eigenvalue weighted by Crippen LogP contribution is -1.94. The molecule has 0 atom stereocenters. The number of aromatic nitrogens is 3. The van der Waals surface area contributed by atoms with Gasteiger partial charge in [0.2, 0.25) is 0 Å². The van der Waals surface area contributed by atoms with Crippen LogP contribution in [0.1, 0.15) is 5.69 Å². The highest BCUT2D eigenvalue weighted by atomic mass is 32.2. The molecule has 0 saturated heterocycles. The molecular formula is C16H12N4O2S. The fourth-order valence-corrected chi connectivity index (χ4v) is 2.74. The van der Waals surface area contributed by atoms with Crippen molar-refractivity contribution < 1.29 is 4.92 Å². The molecule has 0 fully saturated rings. The molecule has 0 radical (unpaired) electrons. The molecule has 3 aromatic rings. The number of nitrogens with zero attached hydrogens (tertiary/aromatic N) is 4. The Morgan fingerprint density at radius 1 is 1.09 bits per heavy atom. The third-order valence-electron chi connectivity index (χ3n) is 3.03. The quantitative estimate of drug-likeness (QED) is 0.411. The maximum atomic E-state index is 10.7. The lowest BCUT2D eigenvalue weighted by molar-refractivity contribution is -0.385. The number of benzene rings is 1. The zero-order valence-electron chi connectivity index (χ0n) is 12.2. The second-order valence-electron chi connectivity index (χ2n) is 4.76. The summed E-state index contributed by atoms with van der Waals surface area (Å²) < 4.78 is 0. The van der Waals surface area contributed by atoms with Crippen molar-refractivity contribution in [3.8, 4) is 11.3 Å². The summed E-state index contributed by atoms with van der Waals surface area (Å²) in [6, 6.07) is 14.8. The molecular weight excluding hydrogens is 312 g/mol. The molecule has 0 aliphatic heterocycles. The monoisotopic (exact) mass is 324 g/mol. The van der Waals surface area contributed by atoms with Crippen LogP contribution < -0.4 is 0 Å². The third kappa shape index (κ3) is 3.70. The molecule has 6 nitrogen and oxygen atoms in total. The molecule has 0 unspecified atom stereocenters. The first kappa shape index (κ1) is 15.1. The Morgan fingerprint density at radius 2 is 1.87 bits per heavy atom. The highest BCUT2D eigenvalue weighted by molar-refractivity contribution is 7.99. The predicted molar refractivity (Wildman–Crippen MR) is 87.2 cm³/mol. The Kier molecular flexibility index (Phi) is 4.29. The third-order valence-corrected chi connectivity index (χ3v) is 3.85. The van der Waals surface area contributed by atoms with Crippen LogP contribution in [0.5, 0.6) is 0 Å². The number of pyridine rings is 1. The van der Waals surface area contributed by atoms with Gasteiger partial charge >= 0.3 is 0 Å². The molecule has 0 bridgehead atoms. The van der Waals surface area contributed by atoms with E-state index in [1.165, 1.54) is 24.0 Å². The fourth-order valence-electron chi connectivity index (χ4n) is 1.98.